The molecular weight excluding hydrogens is 116 g/mol. The maximum atomic E-state index is 8.60. The van der Waals surface area contributed by atoms with E-state index in [0.717, 1.165) is 6.04 Å². The molecule has 1 aliphatic heterocycles. The molecule has 0 atom stereocenters. The van der Waals surface area contributed by atoms with Gasteiger partial charge in [0.25, 0.3) is 0 Å². The van der Waals surface area contributed by atoms with E-state index >= 15 is 0 Å². The third-order valence-electron chi connectivity index (χ3n) is 2.28. The van der Waals surface area contributed by atoms with Gasteiger partial charge in [0.2, 0.25) is 0 Å². The molecule has 1 heterocycles. The van der Waals surface area contributed by atoms with Gasteiger partial charge in [-0.15, -0.1) is 0 Å². The molecule has 1 N–H and O–H groups in total. The molecular formula is C6H14OSi. The molecule has 48 valence electrons. The van der Waals surface area contributed by atoms with E-state index in [1.807, 2.05) is 0 Å². The fourth-order valence-corrected chi connectivity index (χ4v) is 3.90. The second-order valence-electron chi connectivity index (χ2n) is 3.14. The minimum atomic E-state index is -0.747. The van der Waals surface area contributed by atoms with Gasteiger partial charge in [-0.25, -0.2) is 0 Å². The van der Waals surface area contributed by atoms with Crippen molar-refractivity contribution in [1.29, 1.82) is 0 Å². The van der Waals surface area contributed by atoms with Gasteiger partial charge in [0.15, 0.2) is 0 Å². The van der Waals surface area contributed by atoms with Gasteiger partial charge < -0.3 is 5.11 Å². The molecule has 1 saturated heterocycles. The molecule has 0 aromatic carbocycles. The Bertz CT molecular complexity index is 78.6. The van der Waals surface area contributed by atoms with Crippen molar-refractivity contribution in [2.24, 2.45) is 0 Å². The van der Waals surface area contributed by atoms with E-state index < -0.39 is 8.07 Å². The quantitative estimate of drug-likeness (QED) is 0.561. The highest BCUT2D eigenvalue weighted by molar-refractivity contribution is 6.81. The molecule has 0 aromatic rings. The van der Waals surface area contributed by atoms with Gasteiger partial charge in [0.05, 0.1) is 8.07 Å². The number of rotatable bonds is 2. The SMILES string of the molecule is C[Si]1(CCO)CCC1. The molecule has 0 spiro atoms. The van der Waals surface area contributed by atoms with Gasteiger partial charge >= 0.3 is 0 Å². The summed E-state index contributed by atoms with van der Waals surface area (Å²) < 4.78 is 0. The van der Waals surface area contributed by atoms with Crippen molar-refractivity contribution in [1.82, 2.24) is 0 Å². The normalized spacial score (nSPS) is 24.8. The van der Waals surface area contributed by atoms with E-state index in [4.69, 9.17) is 5.11 Å². The molecule has 0 unspecified atom stereocenters. The van der Waals surface area contributed by atoms with E-state index in [2.05, 4.69) is 6.55 Å². The first-order valence-electron chi connectivity index (χ1n) is 3.38. The zero-order valence-corrected chi connectivity index (χ0v) is 6.48. The first kappa shape index (κ1) is 6.30. The summed E-state index contributed by atoms with van der Waals surface area (Å²) in [6.07, 6.45) is 1.43. The van der Waals surface area contributed by atoms with Crippen LogP contribution in [-0.2, 0) is 0 Å². The lowest BCUT2D eigenvalue weighted by Crippen LogP contribution is -2.38. The summed E-state index contributed by atoms with van der Waals surface area (Å²) >= 11 is 0. The first-order chi connectivity index (χ1) is 3.77. The molecule has 0 aliphatic carbocycles. The molecule has 0 radical (unpaired) electrons. The summed E-state index contributed by atoms with van der Waals surface area (Å²) in [5, 5.41) is 8.60. The Labute approximate surface area is 51.7 Å². The predicted molar refractivity (Wildman–Crippen MR) is 37.7 cm³/mol. The minimum absolute atomic E-state index is 0.433. The van der Waals surface area contributed by atoms with Crippen molar-refractivity contribution in [3.8, 4) is 0 Å². The molecule has 1 nitrogen and oxygen atoms in total. The number of aliphatic hydroxyl groups excluding tert-OH is 1. The van der Waals surface area contributed by atoms with Crippen LogP contribution in [-0.4, -0.2) is 19.8 Å². The standard InChI is InChI=1S/C6H14OSi/c1-8(6-3-7)4-2-5-8/h7H,2-6H2,1H3. The number of aliphatic hydroxyl groups is 1. The maximum Gasteiger partial charge on any atom is 0.0527 e. The van der Waals surface area contributed by atoms with Crippen LogP contribution in [0.15, 0.2) is 0 Å². The lowest BCUT2D eigenvalue weighted by atomic mass is 10.5. The Morgan fingerprint density at radius 2 is 2.12 bits per heavy atom. The highest BCUT2D eigenvalue weighted by atomic mass is 28.3. The summed E-state index contributed by atoms with van der Waals surface area (Å²) in [7, 11) is -0.747. The predicted octanol–water partition coefficient (Wildman–Crippen LogP) is 1.46. The largest absolute Gasteiger partial charge is 0.397 e. The lowest BCUT2D eigenvalue weighted by molar-refractivity contribution is 0.315. The highest BCUT2D eigenvalue weighted by Gasteiger charge is 2.32. The molecule has 0 amide bonds. The molecule has 1 aliphatic rings. The zero-order chi connectivity index (χ0) is 6.04. The van der Waals surface area contributed by atoms with Crippen LogP contribution >= 0.6 is 0 Å². The second kappa shape index (κ2) is 2.19. The monoisotopic (exact) mass is 130 g/mol. The Morgan fingerprint density at radius 3 is 2.25 bits per heavy atom. The van der Waals surface area contributed by atoms with Crippen molar-refractivity contribution < 1.29 is 5.11 Å². The first-order valence-corrected chi connectivity index (χ1v) is 6.50. The topological polar surface area (TPSA) is 20.2 Å². The van der Waals surface area contributed by atoms with Gasteiger partial charge in [0.1, 0.15) is 0 Å². The molecule has 1 rings (SSSR count). The Balaban J connectivity index is 2.20. The third-order valence-corrected chi connectivity index (χ3v) is 6.83. The Hall–Kier alpha value is 0.177. The zero-order valence-electron chi connectivity index (χ0n) is 5.48. The fourth-order valence-electron chi connectivity index (χ4n) is 1.30. The van der Waals surface area contributed by atoms with E-state index in [0.29, 0.717) is 6.61 Å². The molecule has 8 heavy (non-hydrogen) atoms. The van der Waals surface area contributed by atoms with Crippen LogP contribution in [0.25, 0.3) is 0 Å². The van der Waals surface area contributed by atoms with Crippen molar-refractivity contribution >= 4 is 8.07 Å². The summed E-state index contributed by atoms with van der Waals surface area (Å²) in [6, 6.07) is 4.08. The van der Waals surface area contributed by atoms with E-state index in [1.165, 1.54) is 18.5 Å². The summed E-state index contributed by atoms with van der Waals surface area (Å²) in [4.78, 5) is 0. The smallest absolute Gasteiger partial charge is 0.0527 e. The van der Waals surface area contributed by atoms with Gasteiger partial charge in [0, 0.05) is 6.61 Å². The lowest BCUT2D eigenvalue weighted by Gasteiger charge is -2.35. The van der Waals surface area contributed by atoms with Crippen LogP contribution in [0.4, 0.5) is 0 Å². The Morgan fingerprint density at radius 1 is 1.50 bits per heavy atom. The second-order valence-corrected chi connectivity index (χ2v) is 8.26. The molecule has 2 heteroatoms. The van der Waals surface area contributed by atoms with Crippen molar-refractivity contribution in [3.63, 3.8) is 0 Å². The van der Waals surface area contributed by atoms with E-state index in [9.17, 15) is 0 Å². The maximum absolute atomic E-state index is 8.60. The average Bonchev–Trinajstić information content (AvgIpc) is 1.64. The van der Waals surface area contributed by atoms with E-state index in [-0.39, 0.29) is 0 Å². The van der Waals surface area contributed by atoms with Crippen molar-refractivity contribution in [2.45, 2.75) is 31.1 Å². The van der Waals surface area contributed by atoms with Crippen LogP contribution in [0.1, 0.15) is 6.42 Å². The highest BCUT2D eigenvalue weighted by Crippen LogP contribution is 2.34. The molecule has 0 bridgehead atoms. The number of hydrogen-bond acceptors (Lipinski definition) is 1. The molecule has 0 saturated carbocycles. The van der Waals surface area contributed by atoms with Gasteiger partial charge in [-0.05, 0) is 6.04 Å². The van der Waals surface area contributed by atoms with Crippen LogP contribution in [0.5, 0.6) is 0 Å². The molecule has 0 aromatic heterocycles. The summed E-state index contributed by atoms with van der Waals surface area (Å²) in [6.45, 7) is 2.83. The van der Waals surface area contributed by atoms with Crippen LogP contribution in [0.2, 0.25) is 24.7 Å². The summed E-state index contributed by atoms with van der Waals surface area (Å²) in [5.41, 5.74) is 0. The molecule has 1 fully saturated rings. The van der Waals surface area contributed by atoms with Crippen LogP contribution in [0.3, 0.4) is 0 Å². The fraction of sp³-hybridized carbons (Fsp3) is 1.00. The third kappa shape index (κ3) is 1.12. The minimum Gasteiger partial charge on any atom is -0.397 e. The van der Waals surface area contributed by atoms with Crippen molar-refractivity contribution in [3.05, 3.63) is 0 Å². The van der Waals surface area contributed by atoms with Gasteiger partial charge in [-0.3, -0.25) is 0 Å². The van der Waals surface area contributed by atoms with Crippen LogP contribution in [0, 0.1) is 0 Å². The van der Waals surface area contributed by atoms with Gasteiger partial charge in [-0.2, -0.15) is 0 Å². The van der Waals surface area contributed by atoms with Crippen molar-refractivity contribution in [2.75, 3.05) is 6.61 Å². The Kier molecular flexibility index (Phi) is 1.73. The van der Waals surface area contributed by atoms with E-state index in [1.54, 1.807) is 0 Å². The number of hydrogen-bond donors (Lipinski definition) is 1. The summed E-state index contributed by atoms with van der Waals surface area (Å²) in [5.74, 6) is 0. The van der Waals surface area contributed by atoms with Gasteiger partial charge in [-0.1, -0.05) is 25.1 Å². The van der Waals surface area contributed by atoms with Crippen LogP contribution < -0.4 is 0 Å². The average molecular weight is 130 g/mol.